The van der Waals surface area contributed by atoms with Gasteiger partial charge in [0.2, 0.25) is 0 Å². The number of aromatic nitrogens is 1. The minimum Gasteiger partial charge on any atom is -0.355 e. The second-order valence-corrected chi connectivity index (χ2v) is 5.59. The van der Waals surface area contributed by atoms with Crippen LogP contribution in [0, 0.1) is 13.7 Å². The molecule has 0 aliphatic heterocycles. The molecule has 5 nitrogen and oxygen atoms in total. The lowest BCUT2D eigenvalue weighted by molar-refractivity contribution is -0.385. The quantitative estimate of drug-likeness (QED) is 0.406. The summed E-state index contributed by atoms with van der Waals surface area (Å²) >= 11 is 1.97. The van der Waals surface area contributed by atoms with E-state index in [-0.39, 0.29) is 10.6 Å². The molecule has 0 atom stereocenters. The van der Waals surface area contributed by atoms with E-state index in [9.17, 15) is 10.1 Å². The Hall–Kier alpha value is -2.22. The van der Waals surface area contributed by atoms with Gasteiger partial charge >= 0.3 is 0 Å². The van der Waals surface area contributed by atoms with Gasteiger partial charge in [0.1, 0.15) is 0 Å². The number of nitro benzene ring substituents is 1. The highest BCUT2D eigenvalue weighted by molar-refractivity contribution is 14.1. The number of anilines is 2. The Kier molecular flexibility index (Phi) is 3.70. The summed E-state index contributed by atoms with van der Waals surface area (Å²) in [5, 5.41) is 15.1. The summed E-state index contributed by atoms with van der Waals surface area (Å²) in [6.45, 7) is 0. The Labute approximate surface area is 134 Å². The number of pyridine rings is 1. The highest BCUT2D eigenvalue weighted by Crippen LogP contribution is 2.29. The summed E-state index contributed by atoms with van der Waals surface area (Å²) < 4.78 is 0.598. The van der Waals surface area contributed by atoms with Crippen molar-refractivity contribution in [2.24, 2.45) is 0 Å². The Morgan fingerprint density at radius 2 is 2.00 bits per heavy atom. The van der Waals surface area contributed by atoms with Crippen molar-refractivity contribution in [1.82, 2.24) is 4.98 Å². The van der Waals surface area contributed by atoms with Gasteiger partial charge in [-0.25, -0.2) is 0 Å². The third-order valence-corrected chi connectivity index (χ3v) is 3.93. The fourth-order valence-corrected chi connectivity index (χ4v) is 2.81. The largest absolute Gasteiger partial charge is 0.355 e. The molecule has 0 saturated carbocycles. The fraction of sp³-hybridized carbons (Fsp3) is 0. The molecule has 2 aromatic carbocycles. The summed E-state index contributed by atoms with van der Waals surface area (Å²) in [5.41, 5.74) is 2.74. The molecule has 0 fully saturated rings. The van der Waals surface area contributed by atoms with Gasteiger partial charge in [0.05, 0.1) is 14.0 Å². The van der Waals surface area contributed by atoms with Gasteiger partial charge in [-0.05, 0) is 59.0 Å². The number of hydrogen-bond donors (Lipinski definition) is 1. The first-order valence-corrected chi connectivity index (χ1v) is 7.28. The lowest BCUT2D eigenvalue weighted by atomic mass is 10.1. The monoisotopic (exact) mass is 391 g/mol. The van der Waals surface area contributed by atoms with Crippen LogP contribution in [0.5, 0.6) is 0 Å². The van der Waals surface area contributed by atoms with Crippen LogP contribution in [0.3, 0.4) is 0 Å². The highest BCUT2D eigenvalue weighted by atomic mass is 127. The number of nitrogens with one attached hydrogen (secondary N) is 1. The molecule has 1 heterocycles. The summed E-state index contributed by atoms with van der Waals surface area (Å²) in [7, 11) is 0. The molecular weight excluding hydrogens is 381 g/mol. The highest BCUT2D eigenvalue weighted by Gasteiger charge is 2.12. The van der Waals surface area contributed by atoms with Crippen LogP contribution in [0.25, 0.3) is 10.9 Å². The van der Waals surface area contributed by atoms with Gasteiger partial charge in [-0.1, -0.05) is 6.07 Å². The maximum Gasteiger partial charge on any atom is 0.282 e. The molecule has 0 unspecified atom stereocenters. The third kappa shape index (κ3) is 2.80. The maximum atomic E-state index is 10.8. The van der Waals surface area contributed by atoms with Crippen LogP contribution < -0.4 is 5.32 Å². The first-order chi connectivity index (χ1) is 10.1. The van der Waals surface area contributed by atoms with E-state index in [2.05, 4.69) is 10.3 Å². The van der Waals surface area contributed by atoms with Crippen molar-refractivity contribution < 1.29 is 4.92 Å². The van der Waals surface area contributed by atoms with E-state index in [1.165, 1.54) is 6.07 Å². The fourth-order valence-electron chi connectivity index (χ4n) is 2.10. The second kappa shape index (κ2) is 5.65. The van der Waals surface area contributed by atoms with Crippen molar-refractivity contribution in [3.05, 3.63) is 68.4 Å². The number of nitro groups is 1. The Morgan fingerprint density at radius 3 is 2.76 bits per heavy atom. The summed E-state index contributed by atoms with van der Waals surface area (Å²) in [4.78, 5) is 14.8. The van der Waals surface area contributed by atoms with Crippen LogP contribution in [-0.2, 0) is 0 Å². The summed E-state index contributed by atoms with van der Waals surface area (Å²) in [5.74, 6) is 0. The molecule has 0 aliphatic rings. The van der Waals surface area contributed by atoms with E-state index in [1.54, 1.807) is 18.3 Å². The van der Waals surface area contributed by atoms with Crippen molar-refractivity contribution in [3.8, 4) is 0 Å². The van der Waals surface area contributed by atoms with Crippen molar-refractivity contribution in [1.29, 1.82) is 0 Å². The molecule has 0 saturated heterocycles. The van der Waals surface area contributed by atoms with Crippen molar-refractivity contribution in [2.75, 3.05) is 5.32 Å². The second-order valence-electron chi connectivity index (χ2n) is 4.42. The average molecular weight is 391 g/mol. The SMILES string of the molecule is O=[N+]([O-])c1ccc(Nc2cccc3ncccc23)cc1I. The zero-order chi connectivity index (χ0) is 14.8. The van der Waals surface area contributed by atoms with E-state index in [0.717, 1.165) is 22.3 Å². The Bertz CT molecular complexity index is 831. The van der Waals surface area contributed by atoms with E-state index in [4.69, 9.17) is 0 Å². The minimum absolute atomic E-state index is 0.112. The first kappa shape index (κ1) is 13.7. The standard InChI is InChI=1S/C15H10IN3O2/c16-12-9-10(6-7-15(12)19(20)21)18-14-5-1-4-13-11(14)3-2-8-17-13/h1-9,18H. The predicted octanol–water partition coefficient (Wildman–Crippen LogP) is 4.49. The molecule has 3 aromatic rings. The van der Waals surface area contributed by atoms with E-state index < -0.39 is 0 Å². The molecular formula is C15H10IN3O2. The molecule has 0 radical (unpaired) electrons. The lowest BCUT2D eigenvalue weighted by Gasteiger charge is -2.09. The van der Waals surface area contributed by atoms with Gasteiger partial charge in [-0.3, -0.25) is 15.1 Å². The van der Waals surface area contributed by atoms with Gasteiger partial charge in [-0.15, -0.1) is 0 Å². The first-order valence-electron chi connectivity index (χ1n) is 6.20. The molecule has 0 spiro atoms. The van der Waals surface area contributed by atoms with Crippen LogP contribution in [0.15, 0.2) is 54.7 Å². The molecule has 0 bridgehead atoms. The van der Waals surface area contributed by atoms with Crippen molar-refractivity contribution in [2.45, 2.75) is 0 Å². The van der Waals surface area contributed by atoms with Gasteiger partial charge in [0.25, 0.3) is 5.69 Å². The van der Waals surface area contributed by atoms with Crippen LogP contribution in [0.4, 0.5) is 17.1 Å². The van der Waals surface area contributed by atoms with Crippen LogP contribution in [-0.4, -0.2) is 9.91 Å². The van der Waals surface area contributed by atoms with Gasteiger partial charge < -0.3 is 5.32 Å². The molecule has 3 rings (SSSR count). The smallest absolute Gasteiger partial charge is 0.282 e. The van der Waals surface area contributed by atoms with Gasteiger partial charge in [0.15, 0.2) is 0 Å². The lowest BCUT2D eigenvalue weighted by Crippen LogP contribution is -1.95. The number of rotatable bonds is 3. The summed E-state index contributed by atoms with van der Waals surface area (Å²) in [6.07, 6.45) is 1.75. The van der Waals surface area contributed by atoms with Crippen LogP contribution in [0.1, 0.15) is 0 Å². The molecule has 21 heavy (non-hydrogen) atoms. The zero-order valence-electron chi connectivity index (χ0n) is 10.8. The van der Waals surface area contributed by atoms with Crippen LogP contribution >= 0.6 is 22.6 Å². The topological polar surface area (TPSA) is 68.1 Å². The number of halogens is 1. The Balaban J connectivity index is 1.99. The molecule has 0 amide bonds. The predicted molar refractivity (Wildman–Crippen MR) is 90.8 cm³/mol. The maximum absolute atomic E-state index is 10.8. The van der Waals surface area contributed by atoms with E-state index >= 15 is 0 Å². The number of fused-ring (bicyclic) bond motifs is 1. The minimum atomic E-state index is -0.382. The number of benzene rings is 2. The van der Waals surface area contributed by atoms with Crippen molar-refractivity contribution >= 4 is 50.6 Å². The van der Waals surface area contributed by atoms with E-state index in [1.807, 2.05) is 52.9 Å². The van der Waals surface area contributed by atoms with Crippen molar-refractivity contribution in [3.63, 3.8) is 0 Å². The molecule has 1 aromatic heterocycles. The van der Waals surface area contributed by atoms with Crippen LogP contribution in [0.2, 0.25) is 0 Å². The number of hydrogen-bond acceptors (Lipinski definition) is 4. The molecule has 1 N–H and O–H groups in total. The number of nitrogens with zero attached hydrogens (tertiary/aromatic N) is 2. The summed E-state index contributed by atoms with van der Waals surface area (Å²) in [6, 6.07) is 14.7. The molecule has 0 aliphatic carbocycles. The molecule has 104 valence electrons. The van der Waals surface area contributed by atoms with Gasteiger partial charge in [0, 0.05) is 29.0 Å². The molecule has 6 heteroatoms. The third-order valence-electron chi connectivity index (χ3n) is 3.07. The normalized spacial score (nSPS) is 10.5. The van der Waals surface area contributed by atoms with Gasteiger partial charge in [-0.2, -0.15) is 0 Å². The average Bonchev–Trinajstić information content (AvgIpc) is 2.47. The Morgan fingerprint density at radius 1 is 1.14 bits per heavy atom. The van der Waals surface area contributed by atoms with E-state index in [0.29, 0.717) is 3.57 Å². The zero-order valence-corrected chi connectivity index (χ0v) is 12.9.